The Morgan fingerprint density at radius 2 is 2.00 bits per heavy atom. The molecule has 0 unspecified atom stereocenters. The van der Waals surface area contributed by atoms with Crippen LogP contribution in [0.1, 0.15) is 25.3 Å². The Kier molecular flexibility index (Phi) is 7.38. The molecule has 29 heavy (non-hydrogen) atoms. The van der Waals surface area contributed by atoms with Crippen molar-refractivity contribution in [1.82, 2.24) is 15.1 Å². The summed E-state index contributed by atoms with van der Waals surface area (Å²) in [7, 11) is 0. The number of benzene rings is 2. The van der Waals surface area contributed by atoms with Gasteiger partial charge in [-0.05, 0) is 56.7 Å². The number of rotatable bonds is 7. The van der Waals surface area contributed by atoms with Crippen LogP contribution in [-0.4, -0.2) is 32.8 Å². The van der Waals surface area contributed by atoms with Crippen LogP contribution in [0.15, 0.2) is 56.2 Å². The van der Waals surface area contributed by atoms with Crippen molar-refractivity contribution in [2.24, 2.45) is 0 Å². The van der Waals surface area contributed by atoms with Gasteiger partial charge in [-0.15, -0.1) is 22.0 Å². The van der Waals surface area contributed by atoms with E-state index in [0.29, 0.717) is 28.1 Å². The summed E-state index contributed by atoms with van der Waals surface area (Å²) in [6.07, 6.45) is 0. The van der Waals surface area contributed by atoms with E-state index in [1.807, 2.05) is 57.2 Å². The normalized spacial score (nSPS) is 11.1. The maximum Gasteiger partial charge on any atom is 0.249 e. The minimum absolute atomic E-state index is 0.00442. The standard InChI is InChI=1S/C21H21BrClN3O2S/c1-13(2)26(20(27)12-29-18-9-8-15(22)10-14(18)3)11-19-24-25-21(28-19)16-6-4-5-7-17(16)23/h4-10,13H,11-12H2,1-3H3. The van der Waals surface area contributed by atoms with Crippen molar-refractivity contribution in [3.8, 4) is 11.5 Å². The fraction of sp³-hybridized carbons (Fsp3) is 0.286. The summed E-state index contributed by atoms with van der Waals surface area (Å²) in [6, 6.07) is 13.3. The largest absolute Gasteiger partial charge is 0.419 e. The Balaban J connectivity index is 1.68. The van der Waals surface area contributed by atoms with Crippen LogP contribution in [0.25, 0.3) is 11.5 Å². The van der Waals surface area contributed by atoms with Gasteiger partial charge < -0.3 is 9.32 Å². The van der Waals surface area contributed by atoms with Gasteiger partial charge in [0.05, 0.1) is 22.9 Å². The molecule has 0 spiro atoms. The quantitative estimate of drug-likeness (QED) is 0.378. The van der Waals surface area contributed by atoms with Crippen LogP contribution >= 0.6 is 39.3 Å². The van der Waals surface area contributed by atoms with Gasteiger partial charge in [0, 0.05) is 15.4 Å². The van der Waals surface area contributed by atoms with Crippen molar-refractivity contribution >= 4 is 45.2 Å². The highest BCUT2D eigenvalue weighted by molar-refractivity contribution is 9.10. The van der Waals surface area contributed by atoms with Crippen LogP contribution < -0.4 is 0 Å². The fourth-order valence-electron chi connectivity index (χ4n) is 2.76. The van der Waals surface area contributed by atoms with Gasteiger partial charge in [-0.2, -0.15) is 0 Å². The van der Waals surface area contributed by atoms with Gasteiger partial charge in [0.25, 0.3) is 0 Å². The van der Waals surface area contributed by atoms with E-state index in [2.05, 4.69) is 26.1 Å². The Morgan fingerprint density at radius 1 is 1.24 bits per heavy atom. The Labute approximate surface area is 188 Å². The van der Waals surface area contributed by atoms with Crippen molar-refractivity contribution in [2.45, 2.75) is 38.3 Å². The molecule has 0 atom stereocenters. The van der Waals surface area contributed by atoms with Crippen molar-refractivity contribution in [2.75, 3.05) is 5.75 Å². The summed E-state index contributed by atoms with van der Waals surface area (Å²) in [5.41, 5.74) is 1.81. The lowest BCUT2D eigenvalue weighted by molar-refractivity contribution is -0.131. The van der Waals surface area contributed by atoms with Crippen LogP contribution in [-0.2, 0) is 11.3 Å². The molecule has 0 fully saturated rings. The molecule has 1 heterocycles. The van der Waals surface area contributed by atoms with Gasteiger partial charge in [0.2, 0.25) is 17.7 Å². The molecule has 1 aromatic heterocycles. The molecule has 2 aromatic carbocycles. The highest BCUT2D eigenvalue weighted by Gasteiger charge is 2.21. The number of aryl methyl sites for hydroxylation is 1. The molecule has 152 valence electrons. The van der Waals surface area contributed by atoms with E-state index < -0.39 is 0 Å². The highest BCUT2D eigenvalue weighted by Crippen LogP contribution is 2.28. The number of amides is 1. The first kappa shape index (κ1) is 21.9. The van der Waals surface area contributed by atoms with E-state index in [1.54, 1.807) is 11.0 Å². The first-order valence-electron chi connectivity index (χ1n) is 9.11. The average Bonchev–Trinajstić information content (AvgIpc) is 3.14. The Morgan fingerprint density at radius 3 is 2.69 bits per heavy atom. The average molecular weight is 495 g/mol. The maximum absolute atomic E-state index is 12.9. The van der Waals surface area contributed by atoms with Crippen LogP contribution in [0.2, 0.25) is 5.02 Å². The lowest BCUT2D eigenvalue weighted by atomic mass is 10.2. The van der Waals surface area contributed by atoms with Gasteiger partial charge in [-0.1, -0.05) is 39.7 Å². The molecule has 0 aliphatic carbocycles. The number of carbonyl (C=O) groups is 1. The Hall–Kier alpha value is -1.83. The zero-order valence-electron chi connectivity index (χ0n) is 16.4. The highest BCUT2D eigenvalue weighted by atomic mass is 79.9. The van der Waals surface area contributed by atoms with Gasteiger partial charge in [-0.3, -0.25) is 4.79 Å². The molecule has 0 aliphatic heterocycles. The monoisotopic (exact) mass is 493 g/mol. The summed E-state index contributed by atoms with van der Waals surface area (Å²) in [5, 5.41) is 8.73. The molecule has 3 aromatic rings. The number of halogens is 2. The molecule has 5 nitrogen and oxygen atoms in total. The van der Waals surface area contributed by atoms with Crippen molar-refractivity contribution in [3.63, 3.8) is 0 Å². The van der Waals surface area contributed by atoms with Gasteiger partial charge in [0.15, 0.2) is 0 Å². The number of nitrogens with zero attached hydrogens (tertiary/aromatic N) is 3. The second-order valence-electron chi connectivity index (χ2n) is 6.79. The van der Waals surface area contributed by atoms with E-state index in [-0.39, 0.29) is 18.5 Å². The number of carbonyl (C=O) groups excluding carboxylic acids is 1. The second kappa shape index (κ2) is 9.78. The lowest BCUT2D eigenvalue weighted by Crippen LogP contribution is -2.37. The van der Waals surface area contributed by atoms with E-state index in [4.69, 9.17) is 16.0 Å². The third-order valence-corrected chi connectivity index (χ3v) is 6.29. The molecular formula is C21H21BrClN3O2S. The fourth-order valence-corrected chi connectivity index (χ4v) is 4.35. The van der Waals surface area contributed by atoms with E-state index >= 15 is 0 Å². The third kappa shape index (κ3) is 5.62. The molecule has 1 amide bonds. The summed E-state index contributed by atoms with van der Waals surface area (Å²) < 4.78 is 6.79. The predicted molar refractivity (Wildman–Crippen MR) is 120 cm³/mol. The zero-order valence-corrected chi connectivity index (χ0v) is 19.5. The van der Waals surface area contributed by atoms with Crippen LogP contribution in [0, 0.1) is 6.92 Å². The van der Waals surface area contributed by atoms with E-state index in [9.17, 15) is 4.79 Å². The van der Waals surface area contributed by atoms with Gasteiger partial charge in [-0.25, -0.2) is 0 Å². The Bertz CT molecular complexity index is 1010. The first-order chi connectivity index (χ1) is 13.8. The topological polar surface area (TPSA) is 59.2 Å². The van der Waals surface area contributed by atoms with E-state index in [1.165, 1.54) is 11.8 Å². The second-order valence-corrected chi connectivity index (χ2v) is 9.13. The van der Waals surface area contributed by atoms with Crippen LogP contribution in [0.4, 0.5) is 0 Å². The summed E-state index contributed by atoms with van der Waals surface area (Å²) in [5.74, 6) is 1.09. The van der Waals surface area contributed by atoms with Crippen LogP contribution in [0.3, 0.4) is 0 Å². The predicted octanol–water partition coefficient (Wildman–Crippen LogP) is 5.99. The minimum Gasteiger partial charge on any atom is -0.419 e. The zero-order chi connectivity index (χ0) is 21.0. The molecule has 0 saturated heterocycles. The molecule has 0 saturated carbocycles. The summed E-state index contributed by atoms with van der Waals surface area (Å²) in [6.45, 7) is 6.23. The third-order valence-electron chi connectivity index (χ3n) is 4.31. The minimum atomic E-state index is 0.00442. The molecule has 0 bridgehead atoms. The maximum atomic E-state index is 12.9. The SMILES string of the molecule is Cc1cc(Br)ccc1SCC(=O)N(Cc1nnc(-c2ccccc2Cl)o1)C(C)C. The first-order valence-corrected chi connectivity index (χ1v) is 11.3. The molecular weight excluding hydrogens is 474 g/mol. The molecule has 3 rings (SSSR count). The number of aromatic nitrogens is 2. The number of thioether (sulfide) groups is 1. The van der Waals surface area contributed by atoms with Crippen molar-refractivity contribution in [1.29, 1.82) is 0 Å². The molecule has 0 aliphatic rings. The van der Waals surface area contributed by atoms with Crippen LogP contribution in [0.5, 0.6) is 0 Å². The summed E-state index contributed by atoms with van der Waals surface area (Å²) >= 11 is 11.2. The van der Waals surface area contributed by atoms with Crippen molar-refractivity contribution < 1.29 is 9.21 Å². The smallest absolute Gasteiger partial charge is 0.249 e. The summed E-state index contributed by atoms with van der Waals surface area (Å²) in [4.78, 5) is 15.7. The van der Waals surface area contributed by atoms with Gasteiger partial charge in [0.1, 0.15) is 0 Å². The molecule has 0 N–H and O–H groups in total. The van der Waals surface area contributed by atoms with Gasteiger partial charge >= 0.3 is 0 Å². The lowest BCUT2D eigenvalue weighted by Gasteiger charge is -2.25. The number of hydrogen-bond acceptors (Lipinski definition) is 5. The molecule has 0 radical (unpaired) electrons. The number of hydrogen-bond donors (Lipinski definition) is 0. The van der Waals surface area contributed by atoms with Crippen molar-refractivity contribution in [3.05, 3.63) is 63.4 Å². The van der Waals surface area contributed by atoms with E-state index in [0.717, 1.165) is 14.9 Å². The molecule has 8 heteroatoms.